The molecule has 1 fully saturated rings. The van der Waals surface area contributed by atoms with Gasteiger partial charge in [0.25, 0.3) is 0 Å². The molecule has 0 spiro atoms. The third kappa shape index (κ3) is 4.47. The van der Waals surface area contributed by atoms with Crippen LogP contribution >= 0.6 is 0 Å². The molecule has 1 aliphatic rings. The smallest absolute Gasteiger partial charge is 0.433 e. The minimum absolute atomic E-state index is 0.0659. The third-order valence-electron chi connectivity index (χ3n) is 4.78. The van der Waals surface area contributed by atoms with E-state index in [0.29, 0.717) is 12.3 Å². The van der Waals surface area contributed by atoms with Crippen molar-refractivity contribution in [3.8, 4) is 11.8 Å². The van der Waals surface area contributed by atoms with E-state index in [1.54, 1.807) is 6.07 Å². The van der Waals surface area contributed by atoms with E-state index < -0.39 is 63.9 Å². The first-order chi connectivity index (χ1) is 14.4. The summed E-state index contributed by atoms with van der Waals surface area (Å²) < 4.78 is 83.8. The van der Waals surface area contributed by atoms with E-state index in [0.717, 1.165) is 22.5 Å². The Hall–Kier alpha value is -2.79. The molecule has 166 valence electrons. The molecule has 2 atom stereocenters. The van der Waals surface area contributed by atoms with Crippen molar-refractivity contribution >= 4 is 10.0 Å². The van der Waals surface area contributed by atoms with Gasteiger partial charge < -0.3 is 15.6 Å². The number of rotatable bonds is 5. The van der Waals surface area contributed by atoms with Crippen LogP contribution in [0, 0.1) is 17.1 Å². The summed E-state index contributed by atoms with van der Waals surface area (Å²) in [6.07, 6.45) is -5.36. The number of halogens is 4. The van der Waals surface area contributed by atoms with Gasteiger partial charge in [-0.25, -0.2) is 12.8 Å². The predicted molar refractivity (Wildman–Crippen MR) is 97.5 cm³/mol. The highest BCUT2D eigenvalue weighted by Gasteiger charge is 2.50. The van der Waals surface area contributed by atoms with Crippen LogP contribution in [0.2, 0.25) is 0 Å². The number of nitriles is 1. The third-order valence-corrected chi connectivity index (χ3v) is 6.57. The maximum atomic E-state index is 13.8. The van der Waals surface area contributed by atoms with Crippen LogP contribution < -0.4 is 10.5 Å². The second-order valence-electron chi connectivity index (χ2n) is 6.84. The summed E-state index contributed by atoms with van der Waals surface area (Å²) in [7, 11) is -4.34. The Morgan fingerprint density at radius 3 is 2.58 bits per heavy atom. The van der Waals surface area contributed by atoms with E-state index in [1.807, 2.05) is 0 Å². The van der Waals surface area contributed by atoms with Crippen LogP contribution in [0.15, 0.2) is 41.4 Å². The zero-order valence-corrected chi connectivity index (χ0v) is 16.5. The van der Waals surface area contributed by atoms with Crippen molar-refractivity contribution in [3.63, 3.8) is 0 Å². The lowest BCUT2D eigenvalue weighted by Gasteiger charge is -2.27. The minimum atomic E-state index is -4.73. The molecule has 0 bridgehead atoms. The second-order valence-corrected chi connectivity index (χ2v) is 8.78. The number of benzene rings is 1. The number of sulfonamides is 1. The lowest BCUT2D eigenvalue weighted by Crippen LogP contribution is -2.50. The molecule has 1 aromatic carbocycles. The van der Waals surface area contributed by atoms with Crippen molar-refractivity contribution in [1.29, 1.82) is 5.26 Å². The SMILES string of the molecule is N#Cc1ccc(OC2CN(S(=O)(=O)c3ccc(C(F)(F)F)nc3)C[C@@]2(O)CN)cc1F. The fraction of sp³-hybridized carbons (Fsp3) is 0.333. The highest BCUT2D eigenvalue weighted by Crippen LogP contribution is 2.32. The predicted octanol–water partition coefficient (Wildman–Crippen LogP) is 1.25. The number of pyridine rings is 1. The Morgan fingerprint density at radius 2 is 2.06 bits per heavy atom. The number of ether oxygens (including phenoxy) is 1. The number of aliphatic hydroxyl groups is 1. The number of hydrogen-bond donors (Lipinski definition) is 2. The zero-order chi connectivity index (χ0) is 23.0. The lowest BCUT2D eigenvalue weighted by atomic mass is 10.0. The minimum Gasteiger partial charge on any atom is -0.486 e. The van der Waals surface area contributed by atoms with Gasteiger partial charge in [0.05, 0.1) is 12.1 Å². The first kappa shape index (κ1) is 22.9. The summed E-state index contributed by atoms with van der Waals surface area (Å²) in [5, 5.41) is 19.5. The molecule has 2 aromatic rings. The van der Waals surface area contributed by atoms with Crippen LogP contribution in [0.5, 0.6) is 5.75 Å². The summed E-state index contributed by atoms with van der Waals surface area (Å²) in [5.41, 5.74) is 2.26. The zero-order valence-electron chi connectivity index (χ0n) is 15.7. The van der Waals surface area contributed by atoms with E-state index in [9.17, 15) is 31.1 Å². The van der Waals surface area contributed by atoms with Gasteiger partial charge in [-0.3, -0.25) is 4.98 Å². The second kappa shape index (κ2) is 8.04. The molecule has 8 nitrogen and oxygen atoms in total. The first-order valence-electron chi connectivity index (χ1n) is 8.73. The fourth-order valence-corrected chi connectivity index (χ4v) is 4.48. The molecule has 0 radical (unpaired) electrons. The van der Waals surface area contributed by atoms with Crippen molar-refractivity contribution in [3.05, 3.63) is 53.6 Å². The molecule has 0 saturated carbocycles. The quantitative estimate of drug-likeness (QED) is 0.643. The van der Waals surface area contributed by atoms with Crippen molar-refractivity contribution in [2.24, 2.45) is 5.73 Å². The molecule has 3 N–H and O–H groups in total. The number of alkyl halides is 3. The number of hydrogen-bond acceptors (Lipinski definition) is 7. The van der Waals surface area contributed by atoms with Crippen LogP contribution in [0.4, 0.5) is 17.6 Å². The van der Waals surface area contributed by atoms with E-state index in [-0.39, 0.29) is 11.3 Å². The average molecular weight is 460 g/mol. The molecule has 1 aromatic heterocycles. The highest BCUT2D eigenvalue weighted by atomic mass is 32.2. The summed E-state index contributed by atoms with van der Waals surface area (Å²) in [5.74, 6) is -0.932. The normalized spacial score (nSPS) is 22.3. The average Bonchev–Trinajstić information content (AvgIpc) is 3.05. The van der Waals surface area contributed by atoms with Gasteiger partial charge in [-0.15, -0.1) is 0 Å². The number of nitrogens with two attached hydrogens (primary N) is 1. The molecule has 3 rings (SSSR count). The van der Waals surface area contributed by atoms with Crippen molar-refractivity contribution < 1.29 is 35.8 Å². The molecule has 13 heteroatoms. The summed E-state index contributed by atoms with van der Waals surface area (Å²) >= 11 is 0. The standard InChI is InChI=1S/C18H16F4N4O4S/c19-14-5-12(2-1-11(14)6-23)30-16-8-26(10-17(16,27)9-24)31(28,29)13-3-4-15(25-7-13)18(20,21)22/h1-5,7,16,27H,8-10,24H2/t16?,17-/m0/s1. The molecule has 0 aliphatic carbocycles. The molecule has 1 unspecified atom stereocenters. The first-order valence-corrected chi connectivity index (χ1v) is 10.2. The number of β-amino-alcohol motifs (C(OH)–C–C–N with tert-alkyl or cyclic N) is 1. The number of aromatic nitrogens is 1. The lowest BCUT2D eigenvalue weighted by molar-refractivity contribution is -0.141. The van der Waals surface area contributed by atoms with E-state index in [1.165, 1.54) is 6.07 Å². The molecular formula is C18H16F4N4O4S. The van der Waals surface area contributed by atoms with Gasteiger partial charge in [0.2, 0.25) is 10.0 Å². The van der Waals surface area contributed by atoms with Crippen LogP contribution in [0.1, 0.15) is 11.3 Å². The van der Waals surface area contributed by atoms with Gasteiger partial charge in [-0.2, -0.15) is 22.7 Å². The van der Waals surface area contributed by atoms with Crippen molar-refractivity contribution in [2.45, 2.75) is 22.8 Å². The van der Waals surface area contributed by atoms with Crippen LogP contribution in [0.25, 0.3) is 0 Å². The molecule has 0 amide bonds. The van der Waals surface area contributed by atoms with Crippen LogP contribution in [-0.2, 0) is 16.2 Å². The molecular weight excluding hydrogens is 444 g/mol. The van der Waals surface area contributed by atoms with Gasteiger partial charge in [-0.05, 0) is 24.3 Å². The fourth-order valence-electron chi connectivity index (χ4n) is 3.03. The Bertz CT molecular complexity index is 1120. The van der Waals surface area contributed by atoms with Gasteiger partial charge in [0.15, 0.2) is 0 Å². The van der Waals surface area contributed by atoms with E-state index in [2.05, 4.69) is 4.98 Å². The Kier molecular flexibility index (Phi) is 5.94. The van der Waals surface area contributed by atoms with Gasteiger partial charge in [0, 0.05) is 25.4 Å². The van der Waals surface area contributed by atoms with E-state index >= 15 is 0 Å². The molecule has 1 saturated heterocycles. The monoisotopic (exact) mass is 460 g/mol. The molecule has 1 aliphatic heterocycles. The van der Waals surface area contributed by atoms with Crippen molar-refractivity contribution in [1.82, 2.24) is 9.29 Å². The highest BCUT2D eigenvalue weighted by molar-refractivity contribution is 7.89. The number of nitrogens with zero attached hydrogens (tertiary/aromatic N) is 3. The topological polar surface area (TPSA) is 130 Å². The Balaban J connectivity index is 1.85. The summed E-state index contributed by atoms with van der Waals surface area (Å²) in [4.78, 5) is 2.63. The van der Waals surface area contributed by atoms with Crippen LogP contribution in [0.3, 0.4) is 0 Å². The maximum Gasteiger partial charge on any atom is 0.433 e. The maximum absolute atomic E-state index is 13.8. The Morgan fingerprint density at radius 1 is 1.35 bits per heavy atom. The van der Waals surface area contributed by atoms with Gasteiger partial charge >= 0.3 is 6.18 Å². The Labute approximate surface area is 174 Å². The van der Waals surface area contributed by atoms with E-state index in [4.69, 9.17) is 15.7 Å². The summed E-state index contributed by atoms with van der Waals surface area (Å²) in [6.45, 7) is -1.32. The van der Waals surface area contributed by atoms with Crippen molar-refractivity contribution in [2.75, 3.05) is 19.6 Å². The summed E-state index contributed by atoms with van der Waals surface area (Å²) in [6, 6.07) is 6.27. The largest absolute Gasteiger partial charge is 0.486 e. The molecule has 2 heterocycles. The molecule has 31 heavy (non-hydrogen) atoms. The van der Waals surface area contributed by atoms with Gasteiger partial charge in [0.1, 0.15) is 39.9 Å². The van der Waals surface area contributed by atoms with Gasteiger partial charge in [-0.1, -0.05) is 0 Å². The van der Waals surface area contributed by atoms with Crippen LogP contribution in [-0.4, -0.2) is 54.2 Å².